The summed E-state index contributed by atoms with van der Waals surface area (Å²) in [4.78, 5) is 0. The van der Waals surface area contributed by atoms with Crippen LogP contribution in [0.25, 0.3) is 6.08 Å². The summed E-state index contributed by atoms with van der Waals surface area (Å²) < 4.78 is 11.9. The molecule has 3 heteroatoms. The molecule has 0 radical (unpaired) electrons. The Balaban J connectivity index is 1.53. The second-order valence-electron chi connectivity index (χ2n) is 8.13. The standard InChI is InChI=1S/C25H31NO2/c1-18-7-3-4-8-20(18)13-19-14-22(17-26-16-19)21-11-12-24(27-2)25(15-21)28-23-9-5-6-10-23/h3-4,7-8,11-13,15,22-23,26H,5-6,9-10,14,16-17H2,1-2H3/t22-/m1/s1. The molecule has 2 fully saturated rings. The predicted molar refractivity (Wildman–Crippen MR) is 115 cm³/mol. The highest BCUT2D eigenvalue weighted by atomic mass is 16.5. The number of hydrogen-bond donors (Lipinski definition) is 1. The van der Waals surface area contributed by atoms with Crippen molar-refractivity contribution < 1.29 is 9.47 Å². The van der Waals surface area contributed by atoms with Crippen molar-refractivity contribution in [2.24, 2.45) is 0 Å². The third-order valence-electron chi connectivity index (χ3n) is 6.05. The first-order valence-electron chi connectivity index (χ1n) is 10.5. The van der Waals surface area contributed by atoms with Gasteiger partial charge in [0.1, 0.15) is 0 Å². The van der Waals surface area contributed by atoms with Gasteiger partial charge in [0.25, 0.3) is 0 Å². The predicted octanol–water partition coefficient (Wildman–Crippen LogP) is 5.49. The zero-order chi connectivity index (χ0) is 19.3. The first-order chi connectivity index (χ1) is 13.7. The minimum atomic E-state index is 0.338. The normalized spacial score (nSPS) is 21.8. The summed E-state index contributed by atoms with van der Waals surface area (Å²) in [6.07, 6.45) is 8.62. The lowest BCUT2D eigenvalue weighted by atomic mass is 9.87. The maximum absolute atomic E-state index is 6.31. The van der Waals surface area contributed by atoms with Gasteiger partial charge in [-0.15, -0.1) is 0 Å². The van der Waals surface area contributed by atoms with Gasteiger partial charge in [0, 0.05) is 19.0 Å². The molecule has 1 atom stereocenters. The number of ether oxygens (including phenoxy) is 2. The van der Waals surface area contributed by atoms with Crippen LogP contribution in [0.2, 0.25) is 0 Å². The van der Waals surface area contributed by atoms with Crippen molar-refractivity contribution in [1.29, 1.82) is 0 Å². The Labute approximate surface area is 168 Å². The molecule has 0 spiro atoms. The Bertz CT molecular complexity index is 836. The Morgan fingerprint density at radius 3 is 2.64 bits per heavy atom. The molecule has 4 rings (SSSR count). The van der Waals surface area contributed by atoms with Crippen LogP contribution in [0.3, 0.4) is 0 Å². The Kier molecular flexibility index (Phi) is 6.01. The topological polar surface area (TPSA) is 30.5 Å². The lowest BCUT2D eigenvalue weighted by Crippen LogP contribution is -2.30. The first-order valence-corrected chi connectivity index (χ1v) is 10.5. The molecule has 1 saturated carbocycles. The fourth-order valence-electron chi connectivity index (χ4n) is 4.41. The van der Waals surface area contributed by atoms with Crippen molar-refractivity contribution in [3.63, 3.8) is 0 Å². The van der Waals surface area contributed by atoms with E-state index < -0.39 is 0 Å². The van der Waals surface area contributed by atoms with Crippen molar-refractivity contribution in [3.05, 3.63) is 64.7 Å². The smallest absolute Gasteiger partial charge is 0.161 e. The van der Waals surface area contributed by atoms with Crippen molar-refractivity contribution >= 4 is 6.08 Å². The number of piperidine rings is 1. The van der Waals surface area contributed by atoms with E-state index in [1.165, 1.54) is 35.1 Å². The van der Waals surface area contributed by atoms with Gasteiger partial charge in [0.2, 0.25) is 0 Å². The number of rotatable bonds is 5. The van der Waals surface area contributed by atoms with Crippen LogP contribution in [0.1, 0.15) is 54.7 Å². The number of benzene rings is 2. The minimum Gasteiger partial charge on any atom is -0.493 e. The second-order valence-corrected chi connectivity index (χ2v) is 8.13. The summed E-state index contributed by atoms with van der Waals surface area (Å²) in [6.45, 7) is 4.14. The van der Waals surface area contributed by atoms with Gasteiger partial charge >= 0.3 is 0 Å². The molecule has 0 unspecified atom stereocenters. The monoisotopic (exact) mass is 377 g/mol. The third kappa shape index (κ3) is 4.41. The van der Waals surface area contributed by atoms with Gasteiger partial charge in [-0.25, -0.2) is 0 Å². The van der Waals surface area contributed by atoms with Gasteiger partial charge in [-0.1, -0.05) is 42.0 Å². The highest BCUT2D eigenvalue weighted by Gasteiger charge is 2.22. The molecule has 1 aliphatic heterocycles. The Hall–Kier alpha value is -2.26. The Morgan fingerprint density at radius 2 is 1.86 bits per heavy atom. The number of methoxy groups -OCH3 is 1. The average molecular weight is 378 g/mol. The molecule has 28 heavy (non-hydrogen) atoms. The lowest BCUT2D eigenvalue weighted by Gasteiger charge is -2.27. The molecule has 1 heterocycles. The fraction of sp³-hybridized carbons (Fsp3) is 0.440. The van der Waals surface area contributed by atoms with E-state index >= 15 is 0 Å². The first kappa shape index (κ1) is 19.1. The molecule has 1 aliphatic carbocycles. The van der Waals surface area contributed by atoms with Gasteiger partial charge in [0.15, 0.2) is 11.5 Å². The molecule has 0 amide bonds. The fourth-order valence-corrected chi connectivity index (χ4v) is 4.41. The SMILES string of the molecule is COc1ccc([C@H]2CNCC(=Cc3ccccc3C)C2)cc1OC1CCCC1. The van der Waals surface area contributed by atoms with Crippen molar-refractivity contribution in [2.75, 3.05) is 20.2 Å². The third-order valence-corrected chi connectivity index (χ3v) is 6.05. The molecular formula is C25H31NO2. The van der Waals surface area contributed by atoms with Gasteiger partial charge in [-0.05, 0) is 67.9 Å². The van der Waals surface area contributed by atoms with E-state index in [-0.39, 0.29) is 0 Å². The Morgan fingerprint density at radius 1 is 1.04 bits per heavy atom. The molecule has 1 N–H and O–H groups in total. The lowest BCUT2D eigenvalue weighted by molar-refractivity contribution is 0.200. The zero-order valence-electron chi connectivity index (χ0n) is 17.0. The zero-order valence-corrected chi connectivity index (χ0v) is 17.0. The average Bonchev–Trinajstić information content (AvgIpc) is 3.23. The van der Waals surface area contributed by atoms with Crippen LogP contribution in [0.4, 0.5) is 0 Å². The highest BCUT2D eigenvalue weighted by molar-refractivity contribution is 5.57. The van der Waals surface area contributed by atoms with Crippen molar-refractivity contribution in [2.45, 2.75) is 51.0 Å². The van der Waals surface area contributed by atoms with Crippen LogP contribution >= 0.6 is 0 Å². The van der Waals surface area contributed by atoms with E-state index in [1.807, 2.05) is 0 Å². The molecule has 2 aliphatic rings. The molecule has 2 aromatic rings. The van der Waals surface area contributed by atoms with Gasteiger partial charge in [0.05, 0.1) is 13.2 Å². The van der Waals surface area contributed by atoms with Crippen molar-refractivity contribution in [3.8, 4) is 11.5 Å². The summed E-state index contributed by atoms with van der Waals surface area (Å²) in [5, 5.41) is 3.60. The quantitative estimate of drug-likeness (QED) is 0.748. The summed E-state index contributed by atoms with van der Waals surface area (Å²) in [6, 6.07) is 15.1. The number of aryl methyl sites for hydroxylation is 1. The molecule has 2 aromatic carbocycles. The van der Waals surface area contributed by atoms with Crippen LogP contribution in [-0.2, 0) is 0 Å². The van der Waals surface area contributed by atoms with E-state index in [0.29, 0.717) is 12.0 Å². The number of nitrogens with one attached hydrogen (secondary N) is 1. The summed E-state index contributed by atoms with van der Waals surface area (Å²) >= 11 is 0. The molecule has 3 nitrogen and oxygen atoms in total. The van der Waals surface area contributed by atoms with Crippen LogP contribution < -0.4 is 14.8 Å². The molecule has 148 valence electrons. The second kappa shape index (κ2) is 8.83. The van der Waals surface area contributed by atoms with Crippen molar-refractivity contribution in [1.82, 2.24) is 5.32 Å². The summed E-state index contributed by atoms with van der Waals surface area (Å²) in [5.74, 6) is 2.21. The van der Waals surface area contributed by atoms with E-state index in [0.717, 1.165) is 43.9 Å². The molecule has 0 aromatic heterocycles. The highest BCUT2D eigenvalue weighted by Crippen LogP contribution is 2.36. The molecule has 1 saturated heterocycles. The minimum absolute atomic E-state index is 0.338. The maximum atomic E-state index is 6.31. The summed E-state index contributed by atoms with van der Waals surface area (Å²) in [7, 11) is 1.72. The summed E-state index contributed by atoms with van der Waals surface area (Å²) in [5.41, 5.74) is 5.44. The van der Waals surface area contributed by atoms with Crippen LogP contribution in [-0.4, -0.2) is 26.3 Å². The molecule has 0 bridgehead atoms. The molecular weight excluding hydrogens is 346 g/mol. The van der Waals surface area contributed by atoms with Gasteiger partial charge in [-0.2, -0.15) is 0 Å². The van der Waals surface area contributed by atoms with E-state index in [9.17, 15) is 0 Å². The van der Waals surface area contributed by atoms with E-state index in [1.54, 1.807) is 7.11 Å². The largest absolute Gasteiger partial charge is 0.493 e. The van der Waals surface area contributed by atoms with Crippen LogP contribution in [0.15, 0.2) is 48.0 Å². The van der Waals surface area contributed by atoms with E-state index in [4.69, 9.17) is 9.47 Å². The van der Waals surface area contributed by atoms with Gasteiger partial charge in [-0.3, -0.25) is 0 Å². The van der Waals surface area contributed by atoms with E-state index in [2.05, 4.69) is 60.8 Å². The maximum Gasteiger partial charge on any atom is 0.161 e. The number of hydrogen-bond acceptors (Lipinski definition) is 3. The van der Waals surface area contributed by atoms with Gasteiger partial charge < -0.3 is 14.8 Å². The van der Waals surface area contributed by atoms with Crippen LogP contribution in [0.5, 0.6) is 11.5 Å². The van der Waals surface area contributed by atoms with Crippen LogP contribution in [0, 0.1) is 6.92 Å².